The van der Waals surface area contributed by atoms with Crippen molar-refractivity contribution in [2.45, 2.75) is 19.0 Å². The van der Waals surface area contributed by atoms with Crippen LogP contribution in [-0.4, -0.2) is 21.6 Å². The smallest absolute Gasteiger partial charge is 0.234 e. The number of nitrogens with zero attached hydrogens (tertiary/aromatic N) is 2. The van der Waals surface area contributed by atoms with E-state index in [2.05, 4.69) is 15.3 Å². The van der Waals surface area contributed by atoms with E-state index in [-0.39, 0.29) is 5.75 Å². The summed E-state index contributed by atoms with van der Waals surface area (Å²) in [5, 5.41) is 2.60. The Balaban J connectivity index is 2.00. The van der Waals surface area contributed by atoms with Crippen molar-refractivity contribution in [3.8, 4) is 0 Å². The summed E-state index contributed by atoms with van der Waals surface area (Å²) in [5.41, 5.74) is 1.12. The lowest BCUT2D eigenvalue weighted by molar-refractivity contribution is -0.113. The van der Waals surface area contributed by atoms with Crippen LogP contribution in [0.25, 0.3) is 0 Å². The van der Waals surface area contributed by atoms with Crippen molar-refractivity contribution in [2.75, 3.05) is 11.1 Å². The van der Waals surface area contributed by atoms with E-state index in [0.29, 0.717) is 5.16 Å². The number of hydrogen-bond donors (Lipinski definition) is 1. The van der Waals surface area contributed by atoms with Crippen molar-refractivity contribution < 1.29 is 18.0 Å². The van der Waals surface area contributed by atoms with Gasteiger partial charge < -0.3 is 5.32 Å². The first-order valence-electron chi connectivity index (χ1n) is 6.25. The molecular formula is C14H12F3N3OS. The number of aryl methyl sites for hydroxylation is 2. The third-order valence-corrected chi connectivity index (χ3v) is 3.45. The van der Waals surface area contributed by atoms with Crippen LogP contribution in [0.5, 0.6) is 0 Å². The molecule has 0 aliphatic heterocycles. The zero-order valence-electron chi connectivity index (χ0n) is 11.8. The van der Waals surface area contributed by atoms with Gasteiger partial charge in [0.05, 0.1) is 11.4 Å². The van der Waals surface area contributed by atoms with Crippen LogP contribution < -0.4 is 5.32 Å². The lowest BCUT2D eigenvalue weighted by Gasteiger charge is -2.07. The number of aromatic nitrogens is 2. The lowest BCUT2D eigenvalue weighted by atomic mass is 10.3. The predicted molar refractivity (Wildman–Crippen MR) is 77.2 cm³/mol. The molecule has 2 aromatic rings. The van der Waals surface area contributed by atoms with Crippen molar-refractivity contribution in [1.29, 1.82) is 0 Å². The van der Waals surface area contributed by atoms with Gasteiger partial charge in [0.1, 0.15) is 0 Å². The first-order chi connectivity index (χ1) is 10.4. The quantitative estimate of drug-likeness (QED) is 0.532. The van der Waals surface area contributed by atoms with E-state index in [1.165, 1.54) is 0 Å². The predicted octanol–water partition coefficient (Wildman–Crippen LogP) is 3.24. The normalized spacial score (nSPS) is 10.6. The number of anilines is 1. The minimum Gasteiger partial charge on any atom is -0.323 e. The summed E-state index contributed by atoms with van der Waals surface area (Å²) < 4.78 is 39.3. The average Bonchev–Trinajstić information content (AvgIpc) is 2.45. The molecule has 0 atom stereocenters. The highest BCUT2D eigenvalue weighted by Crippen LogP contribution is 2.20. The highest BCUT2D eigenvalue weighted by atomic mass is 32.2. The first kappa shape index (κ1) is 16.3. The van der Waals surface area contributed by atoms with Gasteiger partial charge in [-0.1, -0.05) is 11.8 Å². The third-order valence-electron chi connectivity index (χ3n) is 2.60. The van der Waals surface area contributed by atoms with Crippen molar-refractivity contribution in [2.24, 2.45) is 0 Å². The molecule has 0 bridgehead atoms. The van der Waals surface area contributed by atoms with Gasteiger partial charge in [0.15, 0.2) is 22.6 Å². The Morgan fingerprint density at radius 2 is 1.77 bits per heavy atom. The van der Waals surface area contributed by atoms with E-state index in [0.717, 1.165) is 35.3 Å². The fourth-order valence-electron chi connectivity index (χ4n) is 1.70. The van der Waals surface area contributed by atoms with E-state index in [1.807, 2.05) is 0 Å². The van der Waals surface area contributed by atoms with Gasteiger partial charge in [0, 0.05) is 11.4 Å². The number of amides is 1. The highest BCUT2D eigenvalue weighted by molar-refractivity contribution is 7.99. The van der Waals surface area contributed by atoms with Gasteiger partial charge >= 0.3 is 0 Å². The maximum absolute atomic E-state index is 13.4. The van der Waals surface area contributed by atoms with Crippen molar-refractivity contribution in [3.05, 3.63) is 47.0 Å². The maximum atomic E-state index is 13.4. The van der Waals surface area contributed by atoms with E-state index >= 15 is 0 Å². The number of halogens is 3. The number of thioether (sulfide) groups is 1. The number of carbonyl (C=O) groups is 1. The Kier molecular flexibility index (Phi) is 5.02. The van der Waals surface area contributed by atoms with Crippen molar-refractivity contribution in [3.63, 3.8) is 0 Å². The molecule has 0 fully saturated rings. The third kappa shape index (κ3) is 3.97. The molecule has 2 rings (SSSR count). The molecule has 8 heteroatoms. The van der Waals surface area contributed by atoms with Crippen LogP contribution in [0.15, 0.2) is 23.4 Å². The minimum atomic E-state index is -1.62. The lowest BCUT2D eigenvalue weighted by Crippen LogP contribution is -2.16. The summed E-state index contributed by atoms with van der Waals surface area (Å²) in [4.78, 5) is 20.0. The molecule has 0 saturated heterocycles. The van der Waals surface area contributed by atoms with Crippen LogP contribution in [0.1, 0.15) is 11.4 Å². The van der Waals surface area contributed by atoms with Gasteiger partial charge in [-0.3, -0.25) is 4.79 Å². The fraction of sp³-hybridized carbons (Fsp3) is 0.214. The summed E-state index contributed by atoms with van der Waals surface area (Å²) in [6.07, 6.45) is 0. The highest BCUT2D eigenvalue weighted by Gasteiger charge is 2.15. The second kappa shape index (κ2) is 6.78. The molecule has 116 valence electrons. The Bertz CT molecular complexity index is 704. The molecule has 4 nitrogen and oxygen atoms in total. The van der Waals surface area contributed by atoms with Crippen LogP contribution >= 0.6 is 11.8 Å². The second-order valence-corrected chi connectivity index (χ2v) is 5.44. The number of benzene rings is 1. The van der Waals surface area contributed by atoms with Gasteiger partial charge in [-0.05, 0) is 32.0 Å². The van der Waals surface area contributed by atoms with Crippen LogP contribution in [0.2, 0.25) is 0 Å². The monoisotopic (exact) mass is 327 g/mol. The van der Waals surface area contributed by atoms with Crippen LogP contribution in [0.3, 0.4) is 0 Å². The average molecular weight is 327 g/mol. The molecule has 0 aliphatic rings. The SMILES string of the molecule is Cc1cc(C)nc(SCC(=O)Nc2ccc(F)c(F)c2F)n1. The Labute approximate surface area is 129 Å². The maximum Gasteiger partial charge on any atom is 0.234 e. The zero-order chi connectivity index (χ0) is 16.3. The van der Waals surface area contributed by atoms with E-state index in [1.54, 1.807) is 19.9 Å². The number of carbonyl (C=O) groups excluding carboxylic acids is 1. The number of hydrogen-bond acceptors (Lipinski definition) is 4. The molecule has 1 N–H and O–H groups in total. The Morgan fingerprint density at radius 3 is 2.41 bits per heavy atom. The number of rotatable bonds is 4. The zero-order valence-corrected chi connectivity index (χ0v) is 12.6. The van der Waals surface area contributed by atoms with Crippen LogP contribution in [0, 0.1) is 31.3 Å². The van der Waals surface area contributed by atoms with Gasteiger partial charge in [0.25, 0.3) is 0 Å². The molecule has 1 aromatic carbocycles. The Morgan fingerprint density at radius 1 is 1.14 bits per heavy atom. The summed E-state index contributed by atoms with van der Waals surface area (Å²) in [5.74, 6) is -5.02. The van der Waals surface area contributed by atoms with Gasteiger partial charge in [-0.15, -0.1) is 0 Å². The van der Waals surface area contributed by atoms with E-state index in [4.69, 9.17) is 0 Å². The summed E-state index contributed by atoms with van der Waals surface area (Å²) in [6.45, 7) is 3.60. The summed E-state index contributed by atoms with van der Waals surface area (Å²) in [6, 6.07) is 3.50. The molecule has 1 aromatic heterocycles. The molecule has 0 unspecified atom stereocenters. The van der Waals surface area contributed by atoms with Gasteiger partial charge in [-0.2, -0.15) is 0 Å². The van der Waals surface area contributed by atoms with E-state index < -0.39 is 29.0 Å². The second-order valence-electron chi connectivity index (χ2n) is 4.49. The topological polar surface area (TPSA) is 54.9 Å². The molecule has 0 radical (unpaired) electrons. The molecule has 1 heterocycles. The van der Waals surface area contributed by atoms with Gasteiger partial charge in [-0.25, -0.2) is 23.1 Å². The van der Waals surface area contributed by atoms with Crippen molar-refractivity contribution >= 4 is 23.4 Å². The molecular weight excluding hydrogens is 315 g/mol. The summed E-state index contributed by atoms with van der Waals surface area (Å²) in [7, 11) is 0. The fourth-order valence-corrected chi connectivity index (χ4v) is 2.45. The van der Waals surface area contributed by atoms with Crippen LogP contribution in [0.4, 0.5) is 18.9 Å². The van der Waals surface area contributed by atoms with E-state index in [9.17, 15) is 18.0 Å². The number of nitrogens with one attached hydrogen (secondary N) is 1. The first-order valence-corrected chi connectivity index (χ1v) is 7.24. The van der Waals surface area contributed by atoms with Gasteiger partial charge in [0.2, 0.25) is 5.91 Å². The molecule has 0 spiro atoms. The molecule has 1 amide bonds. The van der Waals surface area contributed by atoms with Crippen LogP contribution in [-0.2, 0) is 4.79 Å². The minimum absolute atomic E-state index is 0.0820. The Hall–Kier alpha value is -2.09. The standard InChI is InChI=1S/C14H12F3N3OS/c1-7-5-8(2)19-14(18-7)22-6-11(21)20-10-4-3-9(15)12(16)13(10)17/h3-5H,6H2,1-2H3,(H,20,21). The molecule has 0 aliphatic carbocycles. The largest absolute Gasteiger partial charge is 0.323 e. The molecule has 0 saturated carbocycles. The summed E-state index contributed by atoms with van der Waals surface area (Å²) >= 11 is 1.06. The molecule has 22 heavy (non-hydrogen) atoms. The van der Waals surface area contributed by atoms with Crippen molar-refractivity contribution in [1.82, 2.24) is 9.97 Å².